The van der Waals surface area contributed by atoms with Crippen LogP contribution in [-0.2, 0) is 9.59 Å². The van der Waals surface area contributed by atoms with E-state index in [9.17, 15) is 18.8 Å². The van der Waals surface area contributed by atoms with Crippen molar-refractivity contribution in [3.63, 3.8) is 0 Å². The fourth-order valence-corrected chi connectivity index (χ4v) is 1.40. The van der Waals surface area contributed by atoms with Gasteiger partial charge in [-0.25, -0.2) is 9.18 Å². The van der Waals surface area contributed by atoms with E-state index in [0.29, 0.717) is 0 Å². The van der Waals surface area contributed by atoms with Gasteiger partial charge in [0.05, 0.1) is 0 Å². The predicted molar refractivity (Wildman–Crippen MR) is 62.2 cm³/mol. The fraction of sp³-hybridized carbons (Fsp3) is 0.250. The molecule has 0 aromatic heterocycles. The SMILES string of the molecule is O=C(O)CC[C@H](NC(=O)c1cccc(F)c1)C(=O)O. The van der Waals surface area contributed by atoms with E-state index in [1.807, 2.05) is 0 Å². The minimum atomic E-state index is -1.34. The van der Waals surface area contributed by atoms with Gasteiger partial charge in [-0.05, 0) is 24.6 Å². The van der Waals surface area contributed by atoms with Gasteiger partial charge in [0, 0.05) is 12.0 Å². The lowest BCUT2D eigenvalue weighted by Crippen LogP contribution is -2.41. The van der Waals surface area contributed by atoms with E-state index in [1.54, 1.807) is 0 Å². The number of rotatable bonds is 6. The lowest BCUT2D eigenvalue weighted by Gasteiger charge is -2.13. The van der Waals surface area contributed by atoms with Crippen molar-refractivity contribution < 1.29 is 29.0 Å². The van der Waals surface area contributed by atoms with Crippen molar-refractivity contribution >= 4 is 17.8 Å². The Morgan fingerprint density at radius 2 is 1.95 bits per heavy atom. The summed E-state index contributed by atoms with van der Waals surface area (Å²) in [5, 5.41) is 19.5. The summed E-state index contributed by atoms with van der Waals surface area (Å²) in [6.45, 7) is 0. The van der Waals surface area contributed by atoms with Crippen LogP contribution < -0.4 is 5.32 Å². The van der Waals surface area contributed by atoms with Crippen LogP contribution in [0.15, 0.2) is 24.3 Å². The maximum Gasteiger partial charge on any atom is 0.326 e. The van der Waals surface area contributed by atoms with Gasteiger partial charge in [-0.1, -0.05) is 6.07 Å². The molecular formula is C12H12FNO5. The van der Waals surface area contributed by atoms with Gasteiger partial charge in [-0.3, -0.25) is 9.59 Å². The van der Waals surface area contributed by atoms with Crippen molar-refractivity contribution in [2.24, 2.45) is 0 Å². The fourth-order valence-electron chi connectivity index (χ4n) is 1.40. The van der Waals surface area contributed by atoms with Crippen molar-refractivity contribution in [2.75, 3.05) is 0 Å². The Hall–Kier alpha value is -2.44. The zero-order valence-corrected chi connectivity index (χ0v) is 9.80. The molecule has 0 bridgehead atoms. The van der Waals surface area contributed by atoms with Crippen LogP contribution in [0.3, 0.4) is 0 Å². The van der Waals surface area contributed by atoms with E-state index >= 15 is 0 Å². The van der Waals surface area contributed by atoms with Crippen LogP contribution in [0, 0.1) is 5.82 Å². The molecule has 1 amide bonds. The highest BCUT2D eigenvalue weighted by atomic mass is 19.1. The number of benzene rings is 1. The molecule has 0 spiro atoms. The minimum absolute atomic E-state index is 0.0263. The molecule has 3 N–H and O–H groups in total. The smallest absolute Gasteiger partial charge is 0.326 e. The molecule has 1 atom stereocenters. The van der Waals surface area contributed by atoms with Gasteiger partial charge in [-0.2, -0.15) is 0 Å². The molecule has 0 fully saturated rings. The molecule has 1 rings (SSSR count). The van der Waals surface area contributed by atoms with Crippen LogP contribution >= 0.6 is 0 Å². The number of carboxylic acids is 2. The Bertz CT molecular complexity index is 503. The number of amides is 1. The number of carboxylic acid groups (broad SMARTS) is 2. The largest absolute Gasteiger partial charge is 0.481 e. The number of hydrogen-bond donors (Lipinski definition) is 3. The third-order valence-electron chi connectivity index (χ3n) is 2.34. The number of carbonyl (C=O) groups excluding carboxylic acids is 1. The molecule has 0 aliphatic rings. The number of carbonyl (C=O) groups is 3. The highest BCUT2D eigenvalue weighted by Crippen LogP contribution is 2.05. The van der Waals surface area contributed by atoms with E-state index in [1.165, 1.54) is 12.1 Å². The van der Waals surface area contributed by atoms with E-state index in [2.05, 4.69) is 5.32 Å². The van der Waals surface area contributed by atoms with E-state index < -0.39 is 29.7 Å². The van der Waals surface area contributed by atoms with E-state index in [-0.39, 0.29) is 18.4 Å². The summed E-state index contributed by atoms with van der Waals surface area (Å²) in [6.07, 6.45) is -0.633. The number of nitrogens with one attached hydrogen (secondary N) is 1. The third kappa shape index (κ3) is 4.74. The summed E-state index contributed by atoms with van der Waals surface area (Å²) in [4.78, 5) is 32.9. The second kappa shape index (κ2) is 6.48. The number of halogens is 1. The molecule has 0 aliphatic heterocycles. The van der Waals surface area contributed by atoms with Crippen LogP contribution in [0.25, 0.3) is 0 Å². The van der Waals surface area contributed by atoms with Gasteiger partial charge in [0.1, 0.15) is 11.9 Å². The second-order valence-electron chi connectivity index (χ2n) is 3.81. The third-order valence-corrected chi connectivity index (χ3v) is 2.34. The van der Waals surface area contributed by atoms with Crippen LogP contribution in [0.1, 0.15) is 23.2 Å². The quantitative estimate of drug-likeness (QED) is 0.711. The Balaban J connectivity index is 2.71. The first-order chi connectivity index (χ1) is 8.90. The topological polar surface area (TPSA) is 104 Å². The zero-order valence-electron chi connectivity index (χ0n) is 9.80. The van der Waals surface area contributed by atoms with Crippen molar-refractivity contribution in [1.82, 2.24) is 5.32 Å². The normalized spacial score (nSPS) is 11.6. The Labute approximate surface area is 107 Å². The Morgan fingerprint density at radius 1 is 1.26 bits per heavy atom. The standard InChI is InChI=1S/C12H12FNO5/c13-8-3-1-2-7(6-8)11(17)14-9(12(18)19)4-5-10(15)16/h1-3,6,9H,4-5H2,(H,14,17)(H,15,16)(H,18,19)/t9-/m0/s1. The molecule has 102 valence electrons. The lowest BCUT2D eigenvalue weighted by molar-refractivity contribution is -0.140. The van der Waals surface area contributed by atoms with Crippen LogP contribution in [-0.4, -0.2) is 34.1 Å². The van der Waals surface area contributed by atoms with Crippen molar-refractivity contribution in [3.05, 3.63) is 35.6 Å². The van der Waals surface area contributed by atoms with Crippen LogP contribution in [0.4, 0.5) is 4.39 Å². The number of hydrogen-bond acceptors (Lipinski definition) is 3. The lowest BCUT2D eigenvalue weighted by atomic mass is 10.1. The van der Waals surface area contributed by atoms with Gasteiger partial charge >= 0.3 is 11.9 Å². The van der Waals surface area contributed by atoms with Gasteiger partial charge in [0.2, 0.25) is 0 Å². The average molecular weight is 269 g/mol. The predicted octanol–water partition coefficient (Wildman–Crippen LogP) is 0.873. The maximum absolute atomic E-state index is 12.9. The van der Waals surface area contributed by atoms with Crippen molar-refractivity contribution in [1.29, 1.82) is 0 Å². The molecular weight excluding hydrogens is 257 g/mol. The van der Waals surface area contributed by atoms with Gasteiger partial charge in [-0.15, -0.1) is 0 Å². The summed E-state index contributed by atoms with van der Waals surface area (Å²) in [7, 11) is 0. The molecule has 7 heteroatoms. The van der Waals surface area contributed by atoms with Crippen LogP contribution in [0.5, 0.6) is 0 Å². The molecule has 19 heavy (non-hydrogen) atoms. The molecule has 0 radical (unpaired) electrons. The van der Waals surface area contributed by atoms with E-state index in [4.69, 9.17) is 10.2 Å². The Kier molecular flexibility index (Phi) is 4.99. The minimum Gasteiger partial charge on any atom is -0.481 e. The molecule has 1 aromatic rings. The number of aliphatic carboxylic acids is 2. The van der Waals surface area contributed by atoms with Gasteiger partial charge in [0.15, 0.2) is 0 Å². The zero-order chi connectivity index (χ0) is 14.4. The first-order valence-electron chi connectivity index (χ1n) is 5.41. The monoisotopic (exact) mass is 269 g/mol. The Morgan fingerprint density at radius 3 is 2.47 bits per heavy atom. The van der Waals surface area contributed by atoms with Gasteiger partial charge < -0.3 is 15.5 Å². The molecule has 0 aliphatic carbocycles. The summed E-state index contributed by atoms with van der Waals surface area (Å²) >= 11 is 0. The molecule has 6 nitrogen and oxygen atoms in total. The first kappa shape index (κ1) is 14.6. The van der Waals surface area contributed by atoms with Crippen molar-refractivity contribution in [3.8, 4) is 0 Å². The molecule has 0 heterocycles. The summed E-state index contributed by atoms with van der Waals surface area (Å²) in [5.41, 5.74) is -0.0263. The summed E-state index contributed by atoms with van der Waals surface area (Å²) < 4.78 is 12.9. The molecule has 0 unspecified atom stereocenters. The highest BCUT2D eigenvalue weighted by molar-refractivity contribution is 5.96. The van der Waals surface area contributed by atoms with Crippen molar-refractivity contribution in [2.45, 2.75) is 18.9 Å². The first-order valence-corrected chi connectivity index (χ1v) is 5.41. The summed E-state index contributed by atoms with van der Waals surface area (Å²) in [5.74, 6) is -3.89. The average Bonchev–Trinajstić information content (AvgIpc) is 2.33. The van der Waals surface area contributed by atoms with Gasteiger partial charge in [0.25, 0.3) is 5.91 Å². The molecule has 1 aromatic carbocycles. The molecule has 0 saturated carbocycles. The second-order valence-corrected chi connectivity index (χ2v) is 3.81. The van der Waals surface area contributed by atoms with Crippen LogP contribution in [0.2, 0.25) is 0 Å². The molecule has 0 saturated heterocycles. The van der Waals surface area contributed by atoms with E-state index in [0.717, 1.165) is 12.1 Å². The maximum atomic E-state index is 12.9. The highest BCUT2D eigenvalue weighted by Gasteiger charge is 2.21. The summed E-state index contributed by atoms with van der Waals surface area (Å²) in [6, 6.07) is 3.43.